The fraction of sp³-hybridized carbons (Fsp3) is 0. The van der Waals surface area contributed by atoms with Crippen molar-refractivity contribution in [3.63, 3.8) is 0 Å². The maximum atomic E-state index is 13.5. The van der Waals surface area contributed by atoms with Gasteiger partial charge >= 0.3 is 5.97 Å². The number of carbonyl (C=O) groups excluding carboxylic acids is 1. The number of benzene rings is 1. The molecule has 1 aromatic heterocycles. The molecule has 0 amide bonds. The highest BCUT2D eigenvalue weighted by Crippen LogP contribution is 2.23. The molecule has 0 bridgehead atoms. The van der Waals surface area contributed by atoms with E-state index in [9.17, 15) is 9.18 Å². The Hall–Kier alpha value is -1.27. The van der Waals surface area contributed by atoms with Crippen LogP contribution in [0.1, 0.15) is 10.4 Å². The predicted octanol–water partition coefficient (Wildman–Crippen LogP) is 3.96. The summed E-state index contributed by atoms with van der Waals surface area (Å²) in [5.74, 6) is -1.17. The molecule has 0 fully saturated rings. The molecule has 0 saturated heterocycles. The molecule has 0 aliphatic rings. The van der Waals surface area contributed by atoms with E-state index in [1.807, 2.05) is 0 Å². The molecule has 2 aromatic rings. The number of hydrogen-bond acceptors (Lipinski definition) is 3. The van der Waals surface area contributed by atoms with Gasteiger partial charge in [0.2, 0.25) is 0 Å². The van der Waals surface area contributed by atoms with Gasteiger partial charge in [0.05, 0.1) is 5.56 Å². The summed E-state index contributed by atoms with van der Waals surface area (Å²) in [6, 6.07) is 7.30. The summed E-state index contributed by atoms with van der Waals surface area (Å²) in [5, 5.41) is 0. The minimum absolute atomic E-state index is 0.131. The second-order valence-electron chi connectivity index (χ2n) is 3.31. The quantitative estimate of drug-likeness (QED) is 0.589. The molecule has 0 unspecified atom stereocenters. The van der Waals surface area contributed by atoms with E-state index < -0.39 is 11.8 Å². The molecule has 92 valence electrons. The molecule has 1 aromatic carbocycles. The van der Waals surface area contributed by atoms with Crippen molar-refractivity contribution in [3.8, 4) is 5.75 Å². The lowest BCUT2D eigenvalue weighted by molar-refractivity contribution is 0.0728. The highest BCUT2D eigenvalue weighted by Gasteiger charge is 2.15. The number of aromatic nitrogens is 1. The molecule has 1 heterocycles. The van der Waals surface area contributed by atoms with Gasteiger partial charge in [-0.1, -0.05) is 15.9 Å². The Kier molecular flexibility index (Phi) is 4.08. The van der Waals surface area contributed by atoms with Gasteiger partial charge in [-0.3, -0.25) is 0 Å². The van der Waals surface area contributed by atoms with Crippen molar-refractivity contribution < 1.29 is 13.9 Å². The zero-order valence-electron chi connectivity index (χ0n) is 8.86. The lowest BCUT2D eigenvalue weighted by Gasteiger charge is -2.06. The van der Waals surface area contributed by atoms with Crippen molar-refractivity contribution in [1.29, 1.82) is 0 Å². The van der Waals surface area contributed by atoms with Gasteiger partial charge in [0.1, 0.15) is 10.4 Å². The van der Waals surface area contributed by atoms with Crippen LogP contribution in [0.5, 0.6) is 5.75 Å². The van der Waals surface area contributed by atoms with E-state index in [2.05, 4.69) is 36.8 Å². The van der Waals surface area contributed by atoms with E-state index in [4.69, 9.17) is 4.74 Å². The number of ether oxygens (including phenoxy) is 1. The minimum atomic E-state index is -0.770. The lowest BCUT2D eigenvalue weighted by atomic mass is 10.2. The first kappa shape index (κ1) is 13.2. The van der Waals surface area contributed by atoms with Gasteiger partial charge in [0.25, 0.3) is 0 Å². The Morgan fingerprint density at radius 1 is 1.28 bits per heavy atom. The van der Waals surface area contributed by atoms with E-state index in [1.54, 1.807) is 24.4 Å². The number of esters is 1. The minimum Gasteiger partial charge on any atom is -0.420 e. The van der Waals surface area contributed by atoms with Crippen LogP contribution >= 0.6 is 31.9 Å². The van der Waals surface area contributed by atoms with E-state index >= 15 is 0 Å². The van der Waals surface area contributed by atoms with E-state index in [0.29, 0.717) is 9.08 Å². The van der Waals surface area contributed by atoms with Crippen LogP contribution in [-0.2, 0) is 0 Å². The first-order valence-corrected chi connectivity index (χ1v) is 6.44. The zero-order valence-corrected chi connectivity index (χ0v) is 12.0. The molecular weight excluding hydrogens is 369 g/mol. The van der Waals surface area contributed by atoms with Crippen molar-refractivity contribution in [2.75, 3.05) is 0 Å². The maximum absolute atomic E-state index is 13.5. The Morgan fingerprint density at radius 2 is 2.06 bits per heavy atom. The SMILES string of the molecule is O=C(Oc1cccnc1Br)c1ccc(Br)cc1F. The summed E-state index contributed by atoms with van der Waals surface area (Å²) in [7, 11) is 0. The van der Waals surface area contributed by atoms with E-state index in [1.165, 1.54) is 12.1 Å². The van der Waals surface area contributed by atoms with Crippen molar-refractivity contribution >= 4 is 37.8 Å². The van der Waals surface area contributed by atoms with E-state index in [-0.39, 0.29) is 11.3 Å². The fourth-order valence-electron chi connectivity index (χ4n) is 1.26. The average Bonchev–Trinajstić information content (AvgIpc) is 2.32. The van der Waals surface area contributed by atoms with Crippen molar-refractivity contribution in [1.82, 2.24) is 4.98 Å². The second kappa shape index (κ2) is 5.58. The first-order valence-electron chi connectivity index (χ1n) is 4.85. The monoisotopic (exact) mass is 373 g/mol. The van der Waals surface area contributed by atoms with Crippen LogP contribution in [0.15, 0.2) is 45.6 Å². The predicted molar refractivity (Wildman–Crippen MR) is 71.0 cm³/mol. The molecule has 0 N–H and O–H groups in total. The van der Waals surface area contributed by atoms with Crippen molar-refractivity contribution in [3.05, 3.63) is 57.0 Å². The highest BCUT2D eigenvalue weighted by atomic mass is 79.9. The molecule has 0 aliphatic heterocycles. The number of carbonyl (C=O) groups is 1. The molecule has 0 radical (unpaired) electrons. The number of nitrogens with zero attached hydrogens (tertiary/aromatic N) is 1. The lowest BCUT2D eigenvalue weighted by Crippen LogP contribution is -2.11. The molecule has 0 atom stereocenters. The molecule has 18 heavy (non-hydrogen) atoms. The third kappa shape index (κ3) is 2.94. The molecule has 2 rings (SSSR count). The van der Waals surface area contributed by atoms with Crippen LogP contribution in [0.3, 0.4) is 0 Å². The smallest absolute Gasteiger partial charge is 0.346 e. The topological polar surface area (TPSA) is 39.2 Å². The Bertz CT molecular complexity index is 604. The number of halogens is 3. The summed E-state index contributed by atoms with van der Waals surface area (Å²) in [5.41, 5.74) is -0.131. The first-order chi connectivity index (χ1) is 8.58. The van der Waals surface area contributed by atoms with Gasteiger partial charge in [0, 0.05) is 10.7 Å². The fourth-order valence-corrected chi connectivity index (χ4v) is 1.92. The third-order valence-electron chi connectivity index (χ3n) is 2.08. The Morgan fingerprint density at radius 3 is 2.72 bits per heavy atom. The van der Waals surface area contributed by atoms with Gasteiger partial charge in [-0.2, -0.15) is 0 Å². The summed E-state index contributed by atoms with van der Waals surface area (Å²) in [6.07, 6.45) is 1.54. The normalized spacial score (nSPS) is 10.2. The zero-order chi connectivity index (χ0) is 13.1. The van der Waals surface area contributed by atoms with Crippen LogP contribution in [0.25, 0.3) is 0 Å². The van der Waals surface area contributed by atoms with Crippen molar-refractivity contribution in [2.45, 2.75) is 0 Å². The molecule has 0 aliphatic carbocycles. The van der Waals surface area contributed by atoms with Crippen LogP contribution in [-0.4, -0.2) is 11.0 Å². The molecular formula is C12H6Br2FNO2. The van der Waals surface area contributed by atoms with Crippen LogP contribution in [0.4, 0.5) is 4.39 Å². The second-order valence-corrected chi connectivity index (χ2v) is 4.97. The number of pyridine rings is 1. The van der Waals surface area contributed by atoms with E-state index in [0.717, 1.165) is 0 Å². The molecule has 0 saturated carbocycles. The highest BCUT2D eigenvalue weighted by molar-refractivity contribution is 9.10. The van der Waals surface area contributed by atoms with Gasteiger partial charge in [-0.15, -0.1) is 0 Å². The number of rotatable bonds is 2. The summed E-state index contributed by atoms with van der Waals surface area (Å²) >= 11 is 6.25. The molecule has 6 heteroatoms. The van der Waals surface area contributed by atoms with Crippen LogP contribution in [0.2, 0.25) is 0 Å². The standard InChI is InChI=1S/C12H6Br2FNO2/c13-7-3-4-8(9(15)6-7)12(17)18-10-2-1-5-16-11(10)14/h1-6H. The van der Waals surface area contributed by atoms with Crippen molar-refractivity contribution in [2.24, 2.45) is 0 Å². The summed E-state index contributed by atoms with van der Waals surface area (Å²) < 4.78 is 19.5. The van der Waals surface area contributed by atoms with Crippen LogP contribution < -0.4 is 4.74 Å². The van der Waals surface area contributed by atoms with Gasteiger partial charge in [-0.05, 0) is 46.3 Å². The maximum Gasteiger partial charge on any atom is 0.346 e. The Labute approximate surface area is 119 Å². The Balaban J connectivity index is 2.25. The molecule has 3 nitrogen and oxygen atoms in total. The van der Waals surface area contributed by atoms with Crippen LogP contribution in [0, 0.1) is 5.82 Å². The van der Waals surface area contributed by atoms with Gasteiger partial charge < -0.3 is 4.74 Å². The summed E-state index contributed by atoms with van der Waals surface area (Å²) in [4.78, 5) is 15.7. The average molecular weight is 375 g/mol. The van der Waals surface area contributed by atoms with Gasteiger partial charge in [0.15, 0.2) is 5.75 Å². The largest absolute Gasteiger partial charge is 0.420 e. The summed E-state index contributed by atoms with van der Waals surface area (Å²) in [6.45, 7) is 0. The number of hydrogen-bond donors (Lipinski definition) is 0. The van der Waals surface area contributed by atoms with Gasteiger partial charge in [-0.25, -0.2) is 14.2 Å². The molecule has 0 spiro atoms. The third-order valence-corrected chi connectivity index (χ3v) is 3.17.